The molecule has 1 amide bonds. The molecule has 2 fully saturated rings. The number of hydrogen-bond acceptors (Lipinski definition) is 8. The number of imidazole rings is 1. The van der Waals surface area contributed by atoms with Crippen molar-refractivity contribution in [2.24, 2.45) is 11.7 Å². The monoisotopic (exact) mass is 582 g/mol. The summed E-state index contributed by atoms with van der Waals surface area (Å²) in [5.41, 5.74) is 6.31. The van der Waals surface area contributed by atoms with Gasteiger partial charge in [0.1, 0.15) is 5.52 Å². The number of benzene rings is 1. The molecule has 0 unspecified atom stereocenters. The van der Waals surface area contributed by atoms with Crippen LogP contribution in [-0.4, -0.2) is 63.5 Å². The van der Waals surface area contributed by atoms with E-state index in [-0.39, 0.29) is 40.6 Å². The first-order valence-corrected chi connectivity index (χ1v) is 14.9. The maximum Gasteiger partial charge on any atom is 0.224 e. The largest absolute Gasteiger partial charge is 0.369 e. The SMILES string of the molecule is CS(=O)(=O)N1CCC(Nc2ncc3nc(Nc4ccc(Cl)c(F)c4F)n([C@H]4CC[C@@H](C(N)=O)CC4)c3n2)CC1. The van der Waals surface area contributed by atoms with Crippen LogP contribution < -0.4 is 16.4 Å². The van der Waals surface area contributed by atoms with Gasteiger partial charge in [-0.05, 0) is 50.7 Å². The van der Waals surface area contributed by atoms with Crippen molar-refractivity contribution in [1.82, 2.24) is 23.8 Å². The van der Waals surface area contributed by atoms with Gasteiger partial charge in [-0.25, -0.2) is 31.5 Å². The van der Waals surface area contributed by atoms with E-state index in [0.29, 0.717) is 68.7 Å². The number of nitrogens with one attached hydrogen (secondary N) is 2. The van der Waals surface area contributed by atoms with E-state index in [0.717, 1.165) is 0 Å². The van der Waals surface area contributed by atoms with E-state index in [4.69, 9.17) is 22.3 Å². The minimum Gasteiger partial charge on any atom is -0.369 e. The smallest absolute Gasteiger partial charge is 0.224 e. The number of carbonyl (C=O) groups excluding carboxylic acids is 1. The molecule has 39 heavy (non-hydrogen) atoms. The highest BCUT2D eigenvalue weighted by molar-refractivity contribution is 7.88. The number of anilines is 3. The molecule has 1 aromatic carbocycles. The van der Waals surface area contributed by atoms with E-state index in [1.807, 2.05) is 4.57 Å². The number of primary amides is 1. The number of aromatic nitrogens is 4. The number of hydrogen-bond donors (Lipinski definition) is 3. The van der Waals surface area contributed by atoms with Crippen LogP contribution >= 0.6 is 11.6 Å². The second-order valence-corrected chi connectivity index (χ2v) is 12.4. The van der Waals surface area contributed by atoms with Crippen LogP contribution in [0, 0.1) is 17.6 Å². The van der Waals surface area contributed by atoms with E-state index in [9.17, 15) is 22.0 Å². The Morgan fingerprint density at radius 2 is 1.77 bits per heavy atom. The first-order chi connectivity index (χ1) is 18.5. The summed E-state index contributed by atoms with van der Waals surface area (Å²) in [7, 11) is -3.24. The van der Waals surface area contributed by atoms with E-state index in [1.54, 1.807) is 6.20 Å². The molecule has 5 rings (SSSR count). The lowest BCUT2D eigenvalue weighted by molar-refractivity contribution is -0.122. The molecular formula is C24H29ClF2N8O3S. The van der Waals surface area contributed by atoms with E-state index in [2.05, 4.69) is 20.6 Å². The Morgan fingerprint density at radius 1 is 1.08 bits per heavy atom. The zero-order valence-electron chi connectivity index (χ0n) is 21.2. The quantitative estimate of drug-likeness (QED) is 0.358. The molecule has 3 heterocycles. The van der Waals surface area contributed by atoms with Gasteiger partial charge in [-0.1, -0.05) is 11.6 Å². The van der Waals surface area contributed by atoms with Crippen molar-refractivity contribution >= 4 is 56.3 Å². The second-order valence-electron chi connectivity index (χ2n) is 10.0. The number of carbonyl (C=O) groups is 1. The van der Waals surface area contributed by atoms with E-state index >= 15 is 0 Å². The minimum atomic E-state index is -3.24. The average Bonchev–Trinajstić information content (AvgIpc) is 3.26. The number of amides is 1. The predicted molar refractivity (Wildman–Crippen MR) is 143 cm³/mol. The number of sulfonamides is 1. The third-order valence-corrected chi connectivity index (χ3v) is 9.03. The highest BCUT2D eigenvalue weighted by Crippen LogP contribution is 2.37. The summed E-state index contributed by atoms with van der Waals surface area (Å²) in [6.07, 6.45) is 6.33. The van der Waals surface area contributed by atoms with Crippen LogP contribution in [0.3, 0.4) is 0 Å². The standard InChI is InChI=1S/C24H29ClF2N8O3S/c1-39(37,38)34-10-8-14(9-11-34)30-23-29-12-18-22(33-23)35(15-4-2-13(3-5-15)21(28)36)24(32-18)31-17-7-6-16(25)19(26)20(17)27/h6-7,12-15H,2-5,8-11H2,1H3,(H2,28,36)(H,31,32)(H,29,30,33)/t13-,15+. The van der Waals surface area contributed by atoms with Gasteiger partial charge in [-0.15, -0.1) is 0 Å². The van der Waals surface area contributed by atoms with Gasteiger partial charge in [0.15, 0.2) is 17.3 Å². The van der Waals surface area contributed by atoms with Crippen LogP contribution in [0.2, 0.25) is 5.02 Å². The normalized spacial score (nSPS) is 21.2. The summed E-state index contributed by atoms with van der Waals surface area (Å²) in [5.74, 6) is -2.26. The highest BCUT2D eigenvalue weighted by atomic mass is 35.5. The first-order valence-electron chi connectivity index (χ1n) is 12.7. The van der Waals surface area contributed by atoms with Gasteiger partial charge in [0.2, 0.25) is 27.8 Å². The van der Waals surface area contributed by atoms with E-state index in [1.165, 1.54) is 22.7 Å². The van der Waals surface area contributed by atoms with Crippen LogP contribution in [0.15, 0.2) is 18.3 Å². The number of nitrogens with two attached hydrogens (primary N) is 1. The summed E-state index contributed by atoms with van der Waals surface area (Å²) in [5, 5.41) is 5.84. The number of rotatable bonds is 7. The van der Waals surface area contributed by atoms with Crippen molar-refractivity contribution in [3.05, 3.63) is 35.0 Å². The first kappa shape index (κ1) is 27.5. The predicted octanol–water partition coefficient (Wildman–Crippen LogP) is 3.55. The molecule has 0 radical (unpaired) electrons. The van der Waals surface area contributed by atoms with Crippen molar-refractivity contribution in [2.75, 3.05) is 30.0 Å². The molecule has 0 spiro atoms. The Bertz CT molecular complexity index is 1500. The third kappa shape index (κ3) is 5.77. The molecule has 1 aliphatic carbocycles. The molecule has 0 bridgehead atoms. The highest BCUT2D eigenvalue weighted by Gasteiger charge is 2.30. The lowest BCUT2D eigenvalue weighted by Gasteiger charge is -2.30. The van der Waals surface area contributed by atoms with Gasteiger partial charge >= 0.3 is 0 Å². The van der Waals surface area contributed by atoms with Crippen LogP contribution in [-0.2, 0) is 14.8 Å². The summed E-state index contributed by atoms with van der Waals surface area (Å²) in [6.45, 7) is 0.800. The van der Waals surface area contributed by atoms with Crippen LogP contribution in [0.1, 0.15) is 44.6 Å². The molecule has 210 valence electrons. The lowest BCUT2D eigenvalue weighted by Crippen LogP contribution is -2.42. The Hall–Kier alpha value is -3.10. The van der Waals surface area contributed by atoms with Crippen molar-refractivity contribution in [3.8, 4) is 0 Å². The minimum absolute atomic E-state index is 0.0217. The number of piperidine rings is 1. The molecule has 15 heteroatoms. The summed E-state index contributed by atoms with van der Waals surface area (Å²) >= 11 is 5.71. The Labute approximate surface area is 229 Å². The van der Waals surface area contributed by atoms with Gasteiger partial charge in [0.25, 0.3) is 0 Å². The topological polar surface area (TPSA) is 148 Å². The molecule has 4 N–H and O–H groups in total. The summed E-state index contributed by atoms with van der Waals surface area (Å²) in [6, 6.07) is 2.43. The fraction of sp³-hybridized carbons (Fsp3) is 0.500. The lowest BCUT2D eigenvalue weighted by atomic mass is 9.85. The molecule has 2 aliphatic rings. The Balaban J connectivity index is 1.45. The maximum absolute atomic E-state index is 14.7. The summed E-state index contributed by atoms with van der Waals surface area (Å²) < 4.78 is 55.7. The van der Waals surface area contributed by atoms with Crippen molar-refractivity contribution in [1.29, 1.82) is 0 Å². The average molecular weight is 583 g/mol. The van der Waals surface area contributed by atoms with Gasteiger partial charge in [-0.2, -0.15) is 4.98 Å². The summed E-state index contributed by atoms with van der Waals surface area (Å²) in [4.78, 5) is 25.4. The Morgan fingerprint density at radius 3 is 2.41 bits per heavy atom. The van der Waals surface area contributed by atoms with E-state index < -0.39 is 21.7 Å². The maximum atomic E-state index is 14.7. The van der Waals surface area contributed by atoms with Crippen LogP contribution in [0.4, 0.5) is 26.4 Å². The molecule has 1 saturated heterocycles. The molecule has 3 aromatic rings. The molecule has 1 saturated carbocycles. The van der Waals surface area contributed by atoms with Gasteiger partial charge in [0.05, 0.1) is 23.2 Å². The fourth-order valence-electron chi connectivity index (χ4n) is 5.27. The molecular weight excluding hydrogens is 554 g/mol. The zero-order chi connectivity index (χ0) is 27.9. The van der Waals surface area contributed by atoms with Gasteiger partial charge in [-0.3, -0.25) is 9.36 Å². The van der Waals surface area contributed by atoms with Crippen LogP contribution in [0.25, 0.3) is 11.2 Å². The van der Waals surface area contributed by atoms with Crippen LogP contribution in [0.5, 0.6) is 0 Å². The number of fused-ring (bicyclic) bond motifs is 1. The van der Waals surface area contributed by atoms with Crippen molar-refractivity contribution < 1.29 is 22.0 Å². The fourth-order valence-corrected chi connectivity index (χ4v) is 6.29. The number of halogens is 3. The zero-order valence-corrected chi connectivity index (χ0v) is 22.8. The third-order valence-electron chi connectivity index (χ3n) is 7.43. The van der Waals surface area contributed by atoms with Crippen molar-refractivity contribution in [2.45, 2.75) is 50.6 Å². The Kier molecular flexibility index (Phi) is 7.62. The second kappa shape index (κ2) is 10.8. The van der Waals surface area contributed by atoms with Gasteiger partial charge < -0.3 is 16.4 Å². The number of nitrogens with zero attached hydrogens (tertiary/aromatic N) is 5. The van der Waals surface area contributed by atoms with Gasteiger partial charge in [0, 0.05) is 31.1 Å². The molecule has 2 aromatic heterocycles. The molecule has 11 nitrogen and oxygen atoms in total. The molecule has 0 atom stereocenters. The van der Waals surface area contributed by atoms with Crippen molar-refractivity contribution in [3.63, 3.8) is 0 Å². The molecule has 1 aliphatic heterocycles.